The highest BCUT2D eigenvalue weighted by Crippen LogP contribution is 2.45. The van der Waals surface area contributed by atoms with E-state index < -0.39 is 0 Å². The Kier molecular flexibility index (Phi) is 5.90. The van der Waals surface area contributed by atoms with E-state index in [1.54, 1.807) is 18.5 Å². The van der Waals surface area contributed by atoms with Crippen molar-refractivity contribution in [2.75, 3.05) is 31.6 Å². The van der Waals surface area contributed by atoms with Gasteiger partial charge in [-0.15, -0.1) is 0 Å². The summed E-state index contributed by atoms with van der Waals surface area (Å²) in [6.07, 6.45) is 6.12. The van der Waals surface area contributed by atoms with Crippen molar-refractivity contribution in [2.45, 2.75) is 25.7 Å². The Hall–Kier alpha value is -2.73. The molecular formula is C23H27N3O3. The molecule has 1 unspecified atom stereocenters. The normalized spacial score (nSPS) is 20.6. The zero-order valence-electron chi connectivity index (χ0n) is 16.5. The molecule has 1 aromatic heterocycles. The van der Waals surface area contributed by atoms with Crippen molar-refractivity contribution in [1.29, 1.82) is 0 Å². The van der Waals surface area contributed by atoms with Gasteiger partial charge in [-0.25, -0.2) is 0 Å². The van der Waals surface area contributed by atoms with Crippen molar-refractivity contribution in [3.8, 4) is 0 Å². The molecule has 1 N–H and O–H groups in total. The number of rotatable bonds is 5. The smallest absolute Gasteiger partial charge is 0.229 e. The van der Waals surface area contributed by atoms with Crippen LogP contribution in [0.2, 0.25) is 0 Å². The van der Waals surface area contributed by atoms with Crippen molar-refractivity contribution < 1.29 is 14.3 Å². The summed E-state index contributed by atoms with van der Waals surface area (Å²) in [5.41, 5.74) is 1.65. The first-order chi connectivity index (χ1) is 14.2. The number of aromatic nitrogens is 1. The Morgan fingerprint density at radius 3 is 2.66 bits per heavy atom. The summed E-state index contributed by atoms with van der Waals surface area (Å²) < 4.78 is 5.56. The highest BCUT2D eigenvalue weighted by molar-refractivity contribution is 5.94. The quantitative estimate of drug-likeness (QED) is 0.848. The van der Waals surface area contributed by atoms with Crippen LogP contribution in [-0.2, 0) is 20.7 Å². The second-order valence-electron chi connectivity index (χ2n) is 8.02. The monoisotopic (exact) mass is 393 g/mol. The summed E-state index contributed by atoms with van der Waals surface area (Å²) in [7, 11) is 0. The van der Waals surface area contributed by atoms with Crippen molar-refractivity contribution in [2.24, 2.45) is 11.3 Å². The predicted octanol–water partition coefficient (Wildman–Crippen LogP) is 2.91. The maximum Gasteiger partial charge on any atom is 0.229 e. The highest BCUT2D eigenvalue weighted by atomic mass is 16.5. The Bertz CT molecular complexity index is 835. The Balaban J connectivity index is 1.45. The van der Waals surface area contributed by atoms with Gasteiger partial charge in [0.2, 0.25) is 11.8 Å². The first-order valence-electron chi connectivity index (χ1n) is 10.3. The minimum Gasteiger partial charge on any atom is -0.381 e. The van der Waals surface area contributed by atoms with Crippen LogP contribution in [0.4, 0.5) is 5.69 Å². The molecule has 2 aliphatic rings. The predicted molar refractivity (Wildman–Crippen MR) is 110 cm³/mol. The van der Waals surface area contributed by atoms with E-state index in [0.29, 0.717) is 38.4 Å². The number of hydrogen-bond donors (Lipinski definition) is 1. The fraction of sp³-hybridized carbons (Fsp3) is 0.435. The van der Waals surface area contributed by atoms with Crippen LogP contribution in [0.3, 0.4) is 0 Å². The third-order valence-electron chi connectivity index (χ3n) is 6.21. The molecule has 6 heteroatoms. The maximum atomic E-state index is 13.1. The van der Waals surface area contributed by atoms with Crippen LogP contribution in [0.1, 0.15) is 24.8 Å². The van der Waals surface area contributed by atoms with Gasteiger partial charge in [0.1, 0.15) is 0 Å². The molecule has 2 saturated heterocycles. The summed E-state index contributed by atoms with van der Waals surface area (Å²) >= 11 is 0. The van der Waals surface area contributed by atoms with Crippen molar-refractivity contribution in [3.05, 3.63) is 60.4 Å². The summed E-state index contributed by atoms with van der Waals surface area (Å²) in [6, 6.07) is 13.7. The van der Waals surface area contributed by atoms with E-state index >= 15 is 0 Å². The van der Waals surface area contributed by atoms with Crippen LogP contribution < -0.4 is 5.32 Å². The number of likely N-dealkylation sites (tertiary alicyclic amines) is 1. The number of anilines is 1. The fourth-order valence-corrected chi connectivity index (χ4v) is 4.52. The van der Waals surface area contributed by atoms with Gasteiger partial charge in [0.15, 0.2) is 0 Å². The maximum absolute atomic E-state index is 13.1. The second kappa shape index (κ2) is 8.74. The lowest BCUT2D eigenvalue weighted by molar-refractivity contribution is -0.130. The van der Waals surface area contributed by atoms with Crippen LogP contribution in [0.15, 0.2) is 54.9 Å². The number of nitrogens with zero attached hydrogens (tertiary/aromatic N) is 2. The Labute approximate surface area is 171 Å². The fourth-order valence-electron chi connectivity index (χ4n) is 4.52. The zero-order valence-corrected chi connectivity index (χ0v) is 16.5. The number of aryl methyl sites for hydroxylation is 1. The molecule has 0 saturated carbocycles. The minimum absolute atomic E-state index is 0.0294. The molecular weight excluding hydrogens is 366 g/mol. The molecule has 29 heavy (non-hydrogen) atoms. The van der Waals surface area contributed by atoms with Gasteiger partial charge in [0, 0.05) is 44.3 Å². The van der Waals surface area contributed by atoms with E-state index in [2.05, 4.69) is 10.3 Å². The minimum atomic E-state index is -0.229. The van der Waals surface area contributed by atoms with Gasteiger partial charge >= 0.3 is 0 Å². The standard InChI is InChI=1S/C23H27N3O3/c27-21(9-8-18-5-2-1-3-6-18)26-16-20(23(17-26)10-13-29-14-11-23)22(28)25-19-7-4-12-24-15-19/h1-7,12,15,20H,8-11,13-14,16-17H2,(H,25,28). The third-order valence-corrected chi connectivity index (χ3v) is 6.21. The van der Waals surface area contributed by atoms with E-state index in [9.17, 15) is 9.59 Å². The molecule has 4 rings (SSSR count). The zero-order chi connectivity index (χ0) is 20.1. The number of amides is 2. The van der Waals surface area contributed by atoms with E-state index in [1.165, 1.54) is 0 Å². The molecule has 0 bridgehead atoms. The van der Waals surface area contributed by atoms with Crippen molar-refractivity contribution in [3.63, 3.8) is 0 Å². The van der Waals surface area contributed by atoms with E-state index in [4.69, 9.17) is 4.74 Å². The van der Waals surface area contributed by atoms with Gasteiger partial charge in [-0.3, -0.25) is 14.6 Å². The second-order valence-corrected chi connectivity index (χ2v) is 8.02. The van der Waals surface area contributed by atoms with Crippen LogP contribution in [0.5, 0.6) is 0 Å². The van der Waals surface area contributed by atoms with Gasteiger partial charge in [-0.2, -0.15) is 0 Å². The lowest BCUT2D eigenvalue weighted by Crippen LogP contribution is -2.42. The Morgan fingerprint density at radius 1 is 1.14 bits per heavy atom. The number of pyridine rings is 1. The molecule has 1 spiro atoms. The number of ether oxygens (including phenoxy) is 1. The van der Waals surface area contributed by atoms with Crippen LogP contribution >= 0.6 is 0 Å². The molecule has 0 radical (unpaired) electrons. The number of hydrogen-bond acceptors (Lipinski definition) is 4. The third kappa shape index (κ3) is 4.48. The largest absolute Gasteiger partial charge is 0.381 e. The van der Waals surface area contributed by atoms with Gasteiger partial charge in [-0.05, 0) is 37.0 Å². The molecule has 2 aliphatic heterocycles. The number of benzene rings is 1. The topological polar surface area (TPSA) is 71.5 Å². The Morgan fingerprint density at radius 2 is 1.93 bits per heavy atom. The summed E-state index contributed by atoms with van der Waals surface area (Å²) in [4.78, 5) is 32.0. The average molecular weight is 393 g/mol. The van der Waals surface area contributed by atoms with Gasteiger partial charge in [0.25, 0.3) is 0 Å². The number of carbonyl (C=O) groups excluding carboxylic acids is 2. The van der Waals surface area contributed by atoms with Crippen LogP contribution in [0, 0.1) is 11.3 Å². The average Bonchev–Trinajstić information content (AvgIpc) is 3.13. The van der Waals surface area contributed by atoms with Crippen LogP contribution in [-0.4, -0.2) is 48.0 Å². The van der Waals surface area contributed by atoms with E-state index in [-0.39, 0.29) is 23.1 Å². The van der Waals surface area contributed by atoms with E-state index in [1.807, 2.05) is 41.3 Å². The summed E-state index contributed by atoms with van der Waals surface area (Å²) in [5, 5.41) is 2.99. The van der Waals surface area contributed by atoms with Crippen molar-refractivity contribution in [1.82, 2.24) is 9.88 Å². The lowest BCUT2D eigenvalue weighted by Gasteiger charge is -2.37. The van der Waals surface area contributed by atoms with Gasteiger partial charge in [0.05, 0.1) is 17.8 Å². The molecule has 2 fully saturated rings. The molecule has 6 nitrogen and oxygen atoms in total. The molecule has 0 aliphatic carbocycles. The number of nitrogens with one attached hydrogen (secondary N) is 1. The first kappa shape index (κ1) is 19.6. The summed E-state index contributed by atoms with van der Waals surface area (Å²) in [6.45, 7) is 2.39. The van der Waals surface area contributed by atoms with Crippen molar-refractivity contribution >= 4 is 17.5 Å². The first-order valence-corrected chi connectivity index (χ1v) is 10.3. The van der Waals surface area contributed by atoms with Crippen LogP contribution in [0.25, 0.3) is 0 Å². The summed E-state index contributed by atoms with van der Waals surface area (Å²) in [5.74, 6) is -0.137. The molecule has 2 amide bonds. The number of carbonyl (C=O) groups is 2. The SMILES string of the molecule is O=C(Nc1cccnc1)C1CN(C(=O)CCc2ccccc2)CC12CCOCC2. The molecule has 1 atom stereocenters. The molecule has 1 aromatic carbocycles. The van der Waals surface area contributed by atoms with E-state index in [0.717, 1.165) is 24.8 Å². The lowest BCUT2D eigenvalue weighted by atomic mass is 9.71. The molecule has 3 heterocycles. The van der Waals surface area contributed by atoms with Gasteiger partial charge < -0.3 is 15.0 Å². The highest BCUT2D eigenvalue weighted by Gasteiger charge is 2.51. The molecule has 2 aromatic rings. The molecule has 152 valence electrons. The van der Waals surface area contributed by atoms with Gasteiger partial charge in [-0.1, -0.05) is 30.3 Å².